The number of amides is 1. The van der Waals surface area contributed by atoms with Crippen molar-refractivity contribution < 1.29 is 19.0 Å². The monoisotopic (exact) mass is 475 g/mol. The molecule has 0 fully saturated rings. The van der Waals surface area contributed by atoms with Gasteiger partial charge in [0.15, 0.2) is 11.5 Å². The van der Waals surface area contributed by atoms with E-state index in [1.807, 2.05) is 60.3 Å². The Labute approximate surface area is 201 Å². The zero-order chi connectivity index (χ0) is 23.7. The van der Waals surface area contributed by atoms with Crippen LogP contribution in [0.4, 0.5) is 5.69 Å². The van der Waals surface area contributed by atoms with Crippen molar-refractivity contribution in [3.05, 3.63) is 86.9 Å². The average molecular weight is 476 g/mol. The van der Waals surface area contributed by atoms with Gasteiger partial charge in [0, 0.05) is 11.6 Å². The minimum Gasteiger partial charge on any atom is -0.489 e. The predicted octanol–water partition coefficient (Wildman–Crippen LogP) is 5.48. The molecule has 8 heteroatoms. The molecule has 5 rings (SSSR count). The first-order valence-corrected chi connectivity index (χ1v) is 11.9. The molecular weight excluding hydrogens is 450 g/mol. The summed E-state index contributed by atoms with van der Waals surface area (Å²) in [5, 5.41) is 9.63. The highest BCUT2D eigenvalue weighted by Crippen LogP contribution is 2.35. The number of thiophene rings is 1. The van der Waals surface area contributed by atoms with E-state index in [4.69, 9.17) is 14.2 Å². The molecule has 0 spiro atoms. The fraction of sp³-hybridized carbons (Fsp3) is 0.231. The van der Waals surface area contributed by atoms with E-state index in [1.54, 1.807) is 0 Å². The molecule has 0 atom stereocenters. The van der Waals surface area contributed by atoms with Crippen LogP contribution in [0.1, 0.15) is 37.7 Å². The highest BCUT2D eigenvalue weighted by molar-refractivity contribution is 7.12. The fourth-order valence-electron chi connectivity index (χ4n) is 3.86. The summed E-state index contributed by atoms with van der Waals surface area (Å²) in [7, 11) is 0. The van der Waals surface area contributed by atoms with Crippen LogP contribution in [0.15, 0.2) is 53.9 Å². The minimum atomic E-state index is -0.152. The van der Waals surface area contributed by atoms with Crippen LogP contribution in [0.5, 0.6) is 17.2 Å². The van der Waals surface area contributed by atoms with Gasteiger partial charge in [-0.25, -0.2) is 0 Å². The summed E-state index contributed by atoms with van der Waals surface area (Å²) in [5.41, 5.74) is 5.83. The predicted molar refractivity (Wildman–Crippen MR) is 131 cm³/mol. The first-order chi connectivity index (χ1) is 16.5. The van der Waals surface area contributed by atoms with E-state index in [0.29, 0.717) is 29.5 Å². The number of aromatic nitrogens is 2. The second kappa shape index (κ2) is 9.23. The number of benzene rings is 2. The highest BCUT2D eigenvalue weighted by Gasteiger charge is 2.18. The number of nitrogens with one attached hydrogen (secondary N) is 1. The van der Waals surface area contributed by atoms with Crippen LogP contribution in [0.2, 0.25) is 0 Å². The van der Waals surface area contributed by atoms with Crippen molar-refractivity contribution in [3.63, 3.8) is 0 Å². The number of carbonyl (C=O) groups excluding carboxylic acids is 1. The molecule has 3 heterocycles. The molecule has 0 bridgehead atoms. The Morgan fingerprint density at radius 2 is 1.94 bits per heavy atom. The Bertz CT molecular complexity index is 1360. The van der Waals surface area contributed by atoms with E-state index in [9.17, 15) is 4.79 Å². The van der Waals surface area contributed by atoms with Gasteiger partial charge in [0.1, 0.15) is 12.4 Å². The van der Waals surface area contributed by atoms with Gasteiger partial charge in [0.25, 0.3) is 5.91 Å². The van der Waals surface area contributed by atoms with Crippen LogP contribution >= 0.6 is 11.3 Å². The van der Waals surface area contributed by atoms with E-state index < -0.39 is 0 Å². The molecule has 0 saturated carbocycles. The van der Waals surface area contributed by atoms with Crippen molar-refractivity contribution >= 4 is 22.9 Å². The van der Waals surface area contributed by atoms with E-state index in [-0.39, 0.29) is 12.7 Å². The molecule has 0 unspecified atom stereocenters. The van der Waals surface area contributed by atoms with Crippen LogP contribution in [-0.4, -0.2) is 22.5 Å². The van der Waals surface area contributed by atoms with E-state index in [2.05, 4.69) is 29.5 Å². The van der Waals surface area contributed by atoms with E-state index in [1.165, 1.54) is 22.5 Å². The summed E-state index contributed by atoms with van der Waals surface area (Å²) < 4.78 is 18.5. The molecule has 7 nitrogen and oxygen atoms in total. The molecule has 1 aliphatic rings. The Balaban J connectivity index is 1.24. The molecule has 0 radical (unpaired) electrons. The molecular formula is C26H25N3O4S. The highest BCUT2D eigenvalue weighted by atomic mass is 32.1. The lowest BCUT2D eigenvalue weighted by Gasteiger charge is -2.08. The Morgan fingerprint density at radius 1 is 1.12 bits per heavy atom. The third-order valence-corrected chi connectivity index (χ3v) is 6.81. The standard InChI is InChI=1S/C26H25N3O4S/c1-16-6-4-5-7-20(16)12-29-18(3)25(17(2)28-29)27-26(30)24-10-19(14-34-24)13-31-21-8-9-22-23(11-21)33-15-32-22/h4-11,14H,12-13,15H2,1-3H3,(H,27,30). The number of anilines is 1. The number of hydrogen-bond donors (Lipinski definition) is 1. The summed E-state index contributed by atoms with van der Waals surface area (Å²) in [4.78, 5) is 13.6. The molecule has 0 saturated heterocycles. The maximum absolute atomic E-state index is 12.9. The Hall–Kier alpha value is -3.78. The maximum Gasteiger partial charge on any atom is 0.265 e. The molecule has 2 aromatic carbocycles. The lowest BCUT2D eigenvalue weighted by molar-refractivity contribution is 0.103. The fourth-order valence-corrected chi connectivity index (χ4v) is 4.65. The number of hydrogen-bond acceptors (Lipinski definition) is 6. The normalized spacial score (nSPS) is 12.1. The summed E-state index contributed by atoms with van der Waals surface area (Å²) in [6.45, 7) is 7.23. The average Bonchev–Trinajstić information content (AvgIpc) is 3.55. The third kappa shape index (κ3) is 4.49. The van der Waals surface area contributed by atoms with Gasteiger partial charge in [-0.2, -0.15) is 5.10 Å². The van der Waals surface area contributed by atoms with Crippen LogP contribution in [0, 0.1) is 20.8 Å². The summed E-state index contributed by atoms with van der Waals surface area (Å²) in [5.74, 6) is 1.93. The van der Waals surface area contributed by atoms with Gasteiger partial charge in [-0.05, 0) is 55.5 Å². The van der Waals surface area contributed by atoms with Gasteiger partial charge in [-0.15, -0.1) is 11.3 Å². The van der Waals surface area contributed by atoms with Gasteiger partial charge in [-0.3, -0.25) is 9.48 Å². The Morgan fingerprint density at radius 3 is 2.79 bits per heavy atom. The molecule has 2 aromatic heterocycles. The van der Waals surface area contributed by atoms with Gasteiger partial charge < -0.3 is 19.5 Å². The van der Waals surface area contributed by atoms with Crippen LogP contribution in [-0.2, 0) is 13.2 Å². The largest absolute Gasteiger partial charge is 0.489 e. The molecule has 4 aromatic rings. The topological polar surface area (TPSA) is 74.6 Å². The van der Waals surface area contributed by atoms with Crippen LogP contribution in [0.25, 0.3) is 0 Å². The quantitative estimate of drug-likeness (QED) is 0.383. The molecule has 1 N–H and O–H groups in total. The van der Waals surface area contributed by atoms with Crippen molar-refractivity contribution in [2.75, 3.05) is 12.1 Å². The smallest absolute Gasteiger partial charge is 0.265 e. The van der Waals surface area contributed by atoms with Gasteiger partial charge in [0.05, 0.1) is 28.5 Å². The van der Waals surface area contributed by atoms with Crippen molar-refractivity contribution in [1.82, 2.24) is 9.78 Å². The van der Waals surface area contributed by atoms with Crippen molar-refractivity contribution in [2.45, 2.75) is 33.9 Å². The Kier molecular flexibility index (Phi) is 5.98. The summed E-state index contributed by atoms with van der Waals surface area (Å²) in [6.07, 6.45) is 0. The number of rotatable bonds is 7. The minimum absolute atomic E-state index is 0.152. The van der Waals surface area contributed by atoms with Gasteiger partial charge >= 0.3 is 0 Å². The third-order valence-electron chi connectivity index (χ3n) is 5.83. The van der Waals surface area contributed by atoms with Gasteiger partial charge in [-0.1, -0.05) is 24.3 Å². The van der Waals surface area contributed by atoms with E-state index >= 15 is 0 Å². The number of nitrogens with zero attached hydrogens (tertiary/aromatic N) is 2. The number of fused-ring (bicyclic) bond motifs is 1. The zero-order valence-electron chi connectivity index (χ0n) is 19.3. The lowest BCUT2D eigenvalue weighted by Crippen LogP contribution is -2.12. The second-order valence-corrected chi connectivity index (χ2v) is 9.12. The zero-order valence-corrected chi connectivity index (χ0v) is 20.1. The molecule has 34 heavy (non-hydrogen) atoms. The number of ether oxygens (including phenoxy) is 3. The molecule has 0 aliphatic carbocycles. The number of aryl methyl sites for hydroxylation is 2. The molecule has 1 aliphatic heterocycles. The number of carbonyl (C=O) groups is 1. The summed E-state index contributed by atoms with van der Waals surface area (Å²) in [6, 6.07) is 15.6. The first kappa shape index (κ1) is 22.0. The first-order valence-electron chi connectivity index (χ1n) is 11.0. The summed E-state index contributed by atoms with van der Waals surface area (Å²) >= 11 is 1.39. The van der Waals surface area contributed by atoms with Crippen molar-refractivity contribution in [1.29, 1.82) is 0 Å². The SMILES string of the molecule is Cc1ccccc1Cn1nc(C)c(NC(=O)c2cc(COc3ccc4c(c3)OCO4)cs2)c1C. The van der Waals surface area contributed by atoms with Crippen LogP contribution < -0.4 is 19.5 Å². The van der Waals surface area contributed by atoms with Crippen molar-refractivity contribution in [2.24, 2.45) is 0 Å². The van der Waals surface area contributed by atoms with E-state index in [0.717, 1.165) is 28.4 Å². The lowest BCUT2D eigenvalue weighted by atomic mass is 10.1. The molecule has 174 valence electrons. The second-order valence-electron chi connectivity index (χ2n) is 8.21. The van der Waals surface area contributed by atoms with Crippen molar-refractivity contribution in [3.8, 4) is 17.2 Å². The van der Waals surface area contributed by atoms with Gasteiger partial charge in [0.2, 0.25) is 6.79 Å². The molecule has 1 amide bonds. The van der Waals surface area contributed by atoms with Crippen LogP contribution in [0.3, 0.4) is 0 Å². The maximum atomic E-state index is 12.9.